The molecule has 15 rings (SSSR count). The van der Waals surface area contributed by atoms with Gasteiger partial charge in [-0.3, -0.25) is 4.79 Å². The van der Waals surface area contributed by atoms with Gasteiger partial charge in [0.05, 0.1) is 39.4 Å². The topological polar surface area (TPSA) is 233 Å². The average Bonchev–Trinajstić information content (AvgIpc) is 1.46. The summed E-state index contributed by atoms with van der Waals surface area (Å²) in [5.74, 6) is 3.37. The zero-order valence-electron chi connectivity index (χ0n) is 52.2. The predicted octanol–water partition coefficient (Wildman–Crippen LogP) is 10.9. The van der Waals surface area contributed by atoms with Crippen LogP contribution in [0.3, 0.4) is 0 Å². The SMILES string of the molecule is CN/C(C)=C1\C(=O)c2c(cc(C)c3c2CCC/C3=N\n2cnnc2)C1C1=Cc2nnnn2CCC1.CN/C(C)=C1\C(=S)c2c(cc(C)c3c2CCC/C3=N\n2cnnc2)C1C1=Cc2nnnn2CCC1.COc1ccc(P2(=S)SP(=S)(c3ccc(OC)cc3)S2)cc1. The minimum Gasteiger partial charge on any atom is -0.497 e. The van der Waals surface area contributed by atoms with Gasteiger partial charge >= 0.3 is 0 Å². The van der Waals surface area contributed by atoms with Gasteiger partial charge in [-0.1, -0.05) is 81.1 Å². The van der Waals surface area contributed by atoms with Gasteiger partial charge in [-0.05, 0) is 207 Å². The first kappa shape index (κ1) is 63.3. The van der Waals surface area contributed by atoms with Crippen LogP contribution in [0.4, 0.5) is 0 Å². The lowest BCUT2D eigenvalue weighted by Crippen LogP contribution is -2.19. The van der Waals surface area contributed by atoms with E-state index in [1.54, 1.807) is 48.9 Å². The van der Waals surface area contributed by atoms with Crippen LogP contribution >= 0.6 is 43.1 Å². The Morgan fingerprint density at radius 1 is 0.587 bits per heavy atom. The molecule has 21 nitrogen and oxygen atoms in total. The number of nitrogens with zero attached hydrogens (tertiary/aromatic N) is 16. The minimum atomic E-state index is -1.66. The maximum absolute atomic E-state index is 14.1. The highest BCUT2D eigenvalue weighted by molar-refractivity contribution is 9.48. The van der Waals surface area contributed by atoms with Crippen LogP contribution in [0.2, 0.25) is 0 Å². The molecule has 0 radical (unpaired) electrons. The van der Waals surface area contributed by atoms with Crippen molar-refractivity contribution < 1.29 is 14.3 Å². The number of ether oxygens (including phenoxy) is 2. The first-order valence-corrected chi connectivity index (χ1v) is 40.6. The van der Waals surface area contributed by atoms with Crippen molar-refractivity contribution in [2.75, 3.05) is 28.3 Å². The van der Waals surface area contributed by atoms with Gasteiger partial charge in [0.2, 0.25) is 0 Å². The molecule has 92 heavy (non-hydrogen) atoms. The molecule has 1 fully saturated rings. The van der Waals surface area contributed by atoms with Crippen molar-refractivity contribution in [1.29, 1.82) is 0 Å². The Labute approximate surface area is 556 Å². The number of tetrazole rings is 2. The fourth-order valence-electron chi connectivity index (χ4n) is 13.6. The number of thiocarbonyl (C=S) groups is 1. The molecule has 7 aliphatic rings. The normalized spacial score (nSPS) is 23.0. The summed E-state index contributed by atoms with van der Waals surface area (Å²) in [5.41, 5.74) is 20.2. The van der Waals surface area contributed by atoms with E-state index in [1.807, 2.05) is 76.7 Å². The van der Waals surface area contributed by atoms with Gasteiger partial charge in [0.25, 0.3) is 0 Å². The number of aryl methyl sites for hydroxylation is 4. The molecule has 2 atom stereocenters. The summed E-state index contributed by atoms with van der Waals surface area (Å²) in [5, 5.41) is 58.7. The van der Waals surface area contributed by atoms with Crippen LogP contribution < -0.4 is 30.7 Å². The van der Waals surface area contributed by atoms with Crippen molar-refractivity contribution in [1.82, 2.24) is 80.8 Å². The summed E-state index contributed by atoms with van der Waals surface area (Å²) in [4.78, 5) is 15.1. The molecule has 7 heterocycles. The van der Waals surface area contributed by atoms with Crippen LogP contribution in [-0.2, 0) is 49.5 Å². The van der Waals surface area contributed by atoms with E-state index in [0.717, 1.165) is 162 Å². The highest BCUT2D eigenvalue weighted by Gasteiger charge is 2.47. The maximum atomic E-state index is 14.1. The third kappa shape index (κ3) is 11.9. The molecule has 4 aliphatic carbocycles. The second-order valence-corrected chi connectivity index (χ2v) is 45.0. The van der Waals surface area contributed by atoms with Gasteiger partial charge in [-0.25, -0.2) is 18.7 Å². The number of aromatic nitrogens is 14. The van der Waals surface area contributed by atoms with Gasteiger partial charge in [0, 0.05) is 94.4 Å². The number of methoxy groups -OCH3 is 2. The number of carbonyl (C=O) groups excluding carboxylic acids is 1. The summed E-state index contributed by atoms with van der Waals surface area (Å²) < 4.78 is 14.2. The third-order valence-electron chi connectivity index (χ3n) is 17.9. The van der Waals surface area contributed by atoms with Crippen LogP contribution in [-0.4, -0.2) is 121 Å². The van der Waals surface area contributed by atoms with Crippen LogP contribution in [0.25, 0.3) is 12.2 Å². The van der Waals surface area contributed by atoms with E-state index in [4.69, 9.17) is 55.5 Å². The minimum absolute atomic E-state index is 0.0948. The van der Waals surface area contributed by atoms with Gasteiger partial charge < -0.3 is 20.1 Å². The number of carbonyl (C=O) groups is 1. The molecule has 1 saturated heterocycles. The highest BCUT2D eigenvalue weighted by Crippen LogP contribution is 3.04. The number of nitrogens with one attached hydrogen (secondary N) is 2. The van der Waals surface area contributed by atoms with E-state index in [-0.39, 0.29) is 17.6 Å². The molecule has 0 saturated carbocycles. The molecule has 4 aromatic carbocycles. The number of Topliss-reactive ketones (excluding diaryl/α,β-unsaturated/α-hetero) is 1. The van der Waals surface area contributed by atoms with E-state index in [0.29, 0.717) is 0 Å². The zero-order chi connectivity index (χ0) is 64.0. The van der Waals surface area contributed by atoms with Crippen molar-refractivity contribution in [3.05, 3.63) is 187 Å². The maximum Gasteiger partial charge on any atom is 0.192 e. The number of rotatable bonds is 10. The van der Waals surface area contributed by atoms with Crippen LogP contribution in [0.15, 0.2) is 130 Å². The lowest BCUT2D eigenvalue weighted by atomic mass is 9.80. The van der Waals surface area contributed by atoms with Gasteiger partial charge in [0.1, 0.15) is 36.8 Å². The Morgan fingerprint density at radius 2 is 1.01 bits per heavy atom. The molecular formula is C64H68N18O3P2S5. The number of benzene rings is 4. The van der Waals surface area contributed by atoms with Crippen molar-refractivity contribution >= 4 is 112 Å². The van der Waals surface area contributed by atoms with Gasteiger partial charge in [0.15, 0.2) is 17.4 Å². The number of fused-ring (bicyclic) bond motifs is 8. The molecule has 2 N–H and O–H groups in total. The molecular weight excluding hydrogens is 1290 g/mol. The Morgan fingerprint density at radius 3 is 1.46 bits per heavy atom. The molecule has 28 heteroatoms. The molecule has 2 unspecified atom stereocenters. The van der Waals surface area contributed by atoms with E-state index in [9.17, 15) is 4.79 Å². The Balaban J connectivity index is 0.000000130. The van der Waals surface area contributed by atoms with Crippen LogP contribution in [0.1, 0.15) is 149 Å². The lowest BCUT2D eigenvalue weighted by Gasteiger charge is -2.40. The smallest absolute Gasteiger partial charge is 0.192 e. The van der Waals surface area contributed by atoms with Crippen molar-refractivity contribution in [3.63, 3.8) is 0 Å². The van der Waals surface area contributed by atoms with E-state index in [1.165, 1.54) is 55.1 Å². The molecule has 0 spiro atoms. The molecule has 0 amide bonds. The second kappa shape index (κ2) is 26.5. The summed E-state index contributed by atoms with van der Waals surface area (Å²) in [6.45, 7) is 10.0. The summed E-state index contributed by atoms with van der Waals surface area (Å²) in [6.07, 6.45) is 20.1. The Kier molecular flexibility index (Phi) is 18.3. The standard InChI is InChI=1S/C25H27N9O.C25H27N9S.C14H14O2P2S4/c2*1-14-10-18-23(16-6-5-9-34-20(11-16)29-31-32-34)22(15(2)26-3)25(35)24(18)17-7-4-8-19(21(14)17)30-33-12-27-28-13-33;1-15-11-3-7-13(8-4-11)17(19)21-18(20,22-17)14-9-5-12(16-2)6-10-14/h2*10-13,23,26H,4-9H2,1-3H3;3-10H,1-2H3/b2*22-15-,30-19+;. The number of allylic oxidation sites excluding steroid dienone is 6. The Bertz CT molecular complexity index is 4230. The van der Waals surface area contributed by atoms with Crippen molar-refractivity contribution in [2.24, 2.45) is 10.2 Å². The third-order valence-corrected chi connectivity index (χ3v) is 49.6. The Hall–Kier alpha value is -7.44. The van der Waals surface area contributed by atoms with E-state index in [2.05, 4.69) is 131 Å². The first-order valence-electron chi connectivity index (χ1n) is 30.5. The van der Waals surface area contributed by atoms with E-state index >= 15 is 0 Å². The van der Waals surface area contributed by atoms with E-state index < -0.39 is 8.88 Å². The molecule has 4 aromatic heterocycles. The summed E-state index contributed by atoms with van der Waals surface area (Å²) in [7, 11) is 7.19. The first-order chi connectivity index (χ1) is 44.6. The monoisotopic (exact) mass is 1360 g/mol. The van der Waals surface area contributed by atoms with Gasteiger partial charge in [-0.2, -0.15) is 10.2 Å². The molecule has 472 valence electrons. The predicted molar refractivity (Wildman–Crippen MR) is 376 cm³/mol. The molecule has 8 aromatic rings. The quantitative estimate of drug-likeness (QED) is 0.0736. The largest absolute Gasteiger partial charge is 0.497 e. The fourth-order valence-corrected chi connectivity index (χ4v) is 56.4. The molecule has 3 aliphatic heterocycles. The number of hydrogen-bond donors (Lipinski definition) is 2. The summed E-state index contributed by atoms with van der Waals surface area (Å²) >= 11 is 21.7. The lowest BCUT2D eigenvalue weighted by molar-refractivity contribution is 0.103. The van der Waals surface area contributed by atoms with Crippen molar-refractivity contribution in [2.45, 2.75) is 117 Å². The highest BCUT2D eigenvalue weighted by atomic mass is 33.7. The average molecular weight is 1360 g/mol. The molecule has 0 bridgehead atoms. The van der Waals surface area contributed by atoms with Gasteiger partial charge in [-0.15, -0.1) is 30.6 Å². The second-order valence-electron chi connectivity index (χ2n) is 23.3. The number of ketones is 1. The van der Waals surface area contributed by atoms with Crippen LogP contribution in [0, 0.1) is 13.8 Å². The summed E-state index contributed by atoms with van der Waals surface area (Å²) in [6, 6.07) is 20.7. The fraction of sp³-hybridized carbons (Fsp3) is 0.344. The zero-order valence-corrected chi connectivity index (χ0v) is 58.1. The van der Waals surface area contributed by atoms with Crippen molar-refractivity contribution in [3.8, 4) is 11.5 Å². The number of hydrogen-bond acceptors (Lipinski definition) is 22. The van der Waals surface area contributed by atoms with Crippen LogP contribution in [0.5, 0.6) is 11.5 Å².